The summed E-state index contributed by atoms with van der Waals surface area (Å²) >= 11 is 2.70. The average molecular weight is 430 g/mol. The first-order valence-corrected chi connectivity index (χ1v) is 11.3. The van der Waals surface area contributed by atoms with Gasteiger partial charge in [0.15, 0.2) is 0 Å². The summed E-state index contributed by atoms with van der Waals surface area (Å²) in [5.74, 6) is -1.29. The maximum Gasteiger partial charge on any atom is 0.326 e. The van der Waals surface area contributed by atoms with Crippen molar-refractivity contribution in [2.24, 2.45) is 5.92 Å². The molecule has 1 saturated heterocycles. The molecule has 1 heterocycles. The van der Waals surface area contributed by atoms with Gasteiger partial charge in [0.1, 0.15) is 6.04 Å². The molecule has 152 valence electrons. The molecule has 3 atom stereocenters. The van der Waals surface area contributed by atoms with Crippen LogP contribution < -0.4 is 0 Å². The predicted octanol–water partition coefficient (Wildman–Crippen LogP) is 4.04. The average Bonchev–Trinajstić information content (AvgIpc) is 3.16. The third-order valence-electron chi connectivity index (χ3n) is 4.77. The van der Waals surface area contributed by atoms with Gasteiger partial charge < -0.3 is 10.0 Å². The van der Waals surface area contributed by atoms with Gasteiger partial charge in [-0.1, -0.05) is 67.2 Å². The Kier molecular flexibility index (Phi) is 7.39. The van der Waals surface area contributed by atoms with Gasteiger partial charge in [-0.3, -0.25) is 9.59 Å². The highest BCUT2D eigenvalue weighted by molar-refractivity contribution is 8.14. The summed E-state index contributed by atoms with van der Waals surface area (Å²) in [4.78, 5) is 39.5. The second kappa shape index (κ2) is 9.98. The summed E-state index contributed by atoms with van der Waals surface area (Å²) in [5.41, 5.74) is 0.598. The zero-order chi connectivity index (χ0) is 20.8. The van der Waals surface area contributed by atoms with Crippen LogP contribution in [-0.2, 0) is 9.59 Å². The van der Waals surface area contributed by atoms with E-state index in [0.29, 0.717) is 24.3 Å². The Bertz CT molecular complexity index is 860. The minimum Gasteiger partial charge on any atom is -0.480 e. The molecule has 0 radical (unpaired) electrons. The Morgan fingerprint density at radius 2 is 1.69 bits per heavy atom. The number of likely N-dealkylation sites (tertiary alicyclic amines) is 1. The highest BCUT2D eigenvalue weighted by atomic mass is 32.2. The van der Waals surface area contributed by atoms with Crippen molar-refractivity contribution < 1.29 is 19.5 Å². The van der Waals surface area contributed by atoms with E-state index in [-0.39, 0.29) is 16.3 Å². The number of hydrogen-bond acceptors (Lipinski definition) is 5. The molecule has 1 N–H and O–H groups in total. The summed E-state index contributed by atoms with van der Waals surface area (Å²) in [5, 5.41) is 9.55. The molecular weight excluding hydrogens is 406 g/mol. The lowest BCUT2D eigenvalue weighted by atomic mass is 10.1. The van der Waals surface area contributed by atoms with Crippen molar-refractivity contribution in [3.05, 3.63) is 66.2 Å². The summed E-state index contributed by atoms with van der Waals surface area (Å²) in [6.45, 7) is 2.15. The Morgan fingerprint density at radius 3 is 2.31 bits per heavy atom. The smallest absolute Gasteiger partial charge is 0.326 e. The number of thioether (sulfide) groups is 2. The Morgan fingerprint density at radius 1 is 1.07 bits per heavy atom. The molecule has 1 amide bonds. The van der Waals surface area contributed by atoms with Crippen LogP contribution in [0.5, 0.6) is 0 Å². The van der Waals surface area contributed by atoms with Crippen LogP contribution in [0.2, 0.25) is 0 Å². The number of carbonyl (C=O) groups excluding carboxylic acids is 2. The molecule has 0 saturated carbocycles. The molecule has 7 heteroatoms. The molecule has 0 aromatic heterocycles. The third-order valence-corrected chi connectivity index (χ3v) is 7.16. The number of hydrogen-bond donors (Lipinski definition) is 1. The Hall–Kier alpha value is -2.25. The Labute approximate surface area is 178 Å². The predicted molar refractivity (Wildman–Crippen MR) is 116 cm³/mol. The van der Waals surface area contributed by atoms with Crippen LogP contribution >= 0.6 is 23.5 Å². The van der Waals surface area contributed by atoms with Gasteiger partial charge in [-0.25, -0.2) is 4.79 Å². The molecule has 0 bridgehead atoms. The number of aliphatic carboxylic acids is 1. The number of carboxylic acids is 1. The van der Waals surface area contributed by atoms with Gasteiger partial charge in [-0.05, 0) is 18.6 Å². The van der Waals surface area contributed by atoms with E-state index in [9.17, 15) is 19.5 Å². The van der Waals surface area contributed by atoms with Gasteiger partial charge in [0.25, 0.3) is 0 Å². The summed E-state index contributed by atoms with van der Waals surface area (Å²) in [7, 11) is 0. The molecular formula is C22H23NO4S2. The topological polar surface area (TPSA) is 74.7 Å². The Balaban J connectivity index is 1.59. The van der Waals surface area contributed by atoms with E-state index in [1.807, 2.05) is 36.4 Å². The van der Waals surface area contributed by atoms with E-state index in [1.165, 1.54) is 4.90 Å². The van der Waals surface area contributed by atoms with Crippen molar-refractivity contribution in [1.82, 2.24) is 4.90 Å². The van der Waals surface area contributed by atoms with Crippen molar-refractivity contribution in [3.63, 3.8) is 0 Å². The van der Waals surface area contributed by atoms with Crippen molar-refractivity contribution in [3.8, 4) is 0 Å². The molecule has 29 heavy (non-hydrogen) atoms. The largest absolute Gasteiger partial charge is 0.480 e. The van der Waals surface area contributed by atoms with Crippen LogP contribution in [0.4, 0.5) is 0 Å². The zero-order valence-electron chi connectivity index (χ0n) is 16.1. The quantitative estimate of drug-likeness (QED) is 0.716. The summed E-state index contributed by atoms with van der Waals surface area (Å²) < 4.78 is 0. The normalized spacial score (nSPS) is 19.7. The van der Waals surface area contributed by atoms with E-state index in [2.05, 4.69) is 0 Å². The van der Waals surface area contributed by atoms with E-state index < -0.39 is 17.9 Å². The molecule has 2 unspecified atom stereocenters. The van der Waals surface area contributed by atoms with Crippen LogP contribution in [-0.4, -0.2) is 50.6 Å². The molecule has 0 aliphatic carbocycles. The van der Waals surface area contributed by atoms with Gasteiger partial charge in [0.05, 0.1) is 0 Å². The van der Waals surface area contributed by atoms with E-state index in [0.717, 1.165) is 16.7 Å². The molecule has 1 aliphatic rings. The molecule has 2 aromatic rings. The fraction of sp³-hybridized carbons (Fsp3) is 0.318. The summed E-state index contributed by atoms with van der Waals surface area (Å²) in [6, 6.07) is 17.9. The molecule has 5 nitrogen and oxygen atoms in total. The monoisotopic (exact) mass is 429 g/mol. The number of carboxylic acid groups (broad SMARTS) is 1. The molecule has 0 spiro atoms. The van der Waals surface area contributed by atoms with E-state index in [1.54, 1.807) is 43.0 Å². The zero-order valence-corrected chi connectivity index (χ0v) is 17.7. The van der Waals surface area contributed by atoms with Crippen LogP contribution in [0.1, 0.15) is 23.7 Å². The first-order valence-electron chi connectivity index (χ1n) is 9.43. The van der Waals surface area contributed by atoms with Gasteiger partial charge in [0.2, 0.25) is 11.0 Å². The SMILES string of the molecule is CC(CSC(=O)c1ccccc1)C(=O)N1CC(Sc2ccccc2)C[C@H]1C(=O)O. The number of benzene rings is 2. The lowest BCUT2D eigenvalue weighted by molar-refractivity contribution is -0.149. The standard InChI is InChI=1S/C22H23NO4S2/c1-15(14-28-22(27)16-8-4-2-5-9-16)20(24)23-13-18(12-19(23)21(25)26)29-17-10-6-3-7-11-17/h2-11,15,18-19H,12-14H2,1H3,(H,25,26)/t15?,18?,19-/m0/s1. The van der Waals surface area contributed by atoms with Crippen molar-refractivity contribution >= 4 is 40.5 Å². The highest BCUT2D eigenvalue weighted by Crippen LogP contribution is 2.34. The van der Waals surface area contributed by atoms with E-state index >= 15 is 0 Å². The number of nitrogens with zero attached hydrogens (tertiary/aromatic N) is 1. The minimum atomic E-state index is -0.977. The van der Waals surface area contributed by atoms with Crippen LogP contribution in [0.3, 0.4) is 0 Å². The van der Waals surface area contributed by atoms with Crippen molar-refractivity contribution in [1.29, 1.82) is 0 Å². The van der Waals surface area contributed by atoms with E-state index in [4.69, 9.17) is 0 Å². The maximum absolute atomic E-state index is 12.9. The van der Waals surface area contributed by atoms with Crippen LogP contribution in [0.15, 0.2) is 65.6 Å². The number of carbonyl (C=O) groups is 3. The molecule has 1 fully saturated rings. The van der Waals surface area contributed by atoms with Gasteiger partial charge in [-0.15, -0.1) is 11.8 Å². The molecule has 2 aromatic carbocycles. The third kappa shape index (κ3) is 5.64. The second-order valence-corrected chi connectivity index (χ2v) is 9.37. The van der Waals surface area contributed by atoms with Crippen LogP contribution in [0.25, 0.3) is 0 Å². The first-order chi connectivity index (χ1) is 14.0. The van der Waals surface area contributed by atoms with Crippen molar-refractivity contribution in [2.45, 2.75) is 29.5 Å². The number of amides is 1. The number of rotatable bonds is 7. The molecule has 1 aliphatic heterocycles. The lowest BCUT2D eigenvalue weighted by Gasteiger charge is -2.24. The fourth-order valence-electron chi connectivity index (χ4n) is 3.26. The fourth-order valence-corrected chi connectivity index (χ4v) is 5.32. The second-order valence-electron chi connectivity index (χ2n) is 7.00. The minimum absolute atomic E-state index is 0.0354. The molecule has 3 rings (SSSR count). The highest BCUT2D eigenvalue weighted by Gasteiger charge is 2.41. The lowest BCUT2D eigenvalue weighted by Crippen LogP contribution is -2.43. The maximum atomic E-state index is 12.9. The summed E-state index contributed by atoms with van der Waals surface area (Å²) in [6.07, 6.45) is 0.420. The first kappa shape index (κ1) is 21.5. The van der Waals surface area contributed by atoms with Crippen molar-refractivity contribution in [2.75, 3.05) is 12.3 Å². The van der Waals surface area contributed by atoms with Gasteiger partial charge in [-0.2, -0.15) is 0 Å². The van der Waals surface area contributed by atoms with Gasteiger partial charge in [0, 0.05) is 33.9 Å². The van der Waals surface area contributed by atoms with Gasteiger partial charge >= 0.3 is 5.97 Å². The van der Waals surface area contributed by atoms with Crippen LogP contribution in [0, 0.1) is 5.92 Å².